The summed E-state index contributed by atoms with van der Waals surface area (Å²) < 4.78 is 10.7. The standard InChI is InChI=1S/C31H27N3O4/c32-19-25-14-7-8-17-27(25)37-21-29(36)38-20-28(35)34-31(23-12-5-2-6-13-23)26-16-9-15-24(30(26)33-34)18-22-10-3-1-4-11-22/h1-8,10-14,17-18,26,31H,9,15-16,20-21H2. The Bertz CT molecular complexity index is 1410. The van der Waals surface area contributed by atoms with Crippen LogP contribution in [0.1, 0.15) is 42.0 Å². The average molecular weight is 506 g/mol. The number of nitriles is 1. The van der Waals surface area contributed by atoms with Crippen LogP contribution in [-0.2, 0) is 14.3 Å². The maximum Gasteiger partial charge on any atom is 0.344 e. The van der Waals surface area contributed by atoms with Gasteiger partial charge >= 0.3 is 5.97 Å². The van der Waals surface area contributed by atoms with Crippen LogP contribution in [-0.4, -0.2) is 35.8 Å². The van der Waals surface area contributed by atoms with Gasteiger partial charge in [-0.15, -0.1) is 0 Å². The number of allylic oxidation sites excluding steroid dienone is 1. The maximum atomic E-state index is 13.4. The van der Waals surface area contributed by atoms with Gasteiger partial charge in [-0.3, -0.25) is 4.79 Å². The summed E-state index contributed by atoms with van der Waals surface area (Å²) in [6.45, 7) is -0.859. The zero-order valence-corrected chi connectivity index (χ0v) is 20.8. The molecule has 0 spiro atoms. The van der Waals surface area contributed by atoms with Crippen molar-refractivity contribution in [2.45, 2.75) is 25.3 Å². The molecule has 5 rings (SSSR count). The lowest BCUT2D eigenvalue weighted by Crippen LogP contribution is -2.35. The van der Waals surface area contributed by atoms with Crippen molar-refractivity contribution in [3.8, 4) is 11.8 Å². The molecule has 7 heteroatoms. The first kappa shape index (κ1) is 25.0. The third kappa shape index (κ3) is 5.50. The van der Waals surface area contributed by atoms with Crippen molar-refractivity contribution in [2.24, 2.45) is 11.0 Å². The number of benzene rings is 3. The number of hydrazone groups is 1. The summed E-state index contributed by atoms with van der Waals surface area (Å²) in [4.78, 5) is 25.7. The number of ether oxygens (including phenoxy) is 2. The number of esters is 1. The molecule has 0 saturated heterocycles. The second kappa shape index (κ2) is 11.6. The minimum Gasteiger partial charge on any atom is -0.481 e. The lowest BCUT2D eigenvalue weighted by molar-refractivity contribution is -0.154. The van der Waals surface area contributed by atoms with Gasteiger partial charge in [0.25, 0.3) is 5.91 Å². The molecule has 190 valence electrons. The van der Waals surface area contributed by atoms with Crippen LogP contribution in [0.3, 0.4) is 0 Å². The van der Waals surface area contributed by atoms with E-state index in [0.29, 0.717) is 5.56 Å². The van der Waals surface area contributed by atoms with Gasteiger partial charge < -0.3 is 9.47 Å². The van der Waals surface area contributed by atoms with E-state index in [1.165, 1.54) is 5.01 Å². The summed E-state index contributed by atoms with van der Waals surface area (Å²) in [6.07, 6.45) is 4.96. The van der Waals surface area contributed by atoms with Gasteiger partial charge in [0.2, 0.25) is 0 Å². The molecule has 0 N–H and O–H groups in total. The zero-order valence-electron chi connectivity index (χ0n) is 20.8. The molecule has 0 aromatic heterocycles. The van der Waals surface area contributed by atoms with E-state index in [4.69, 9.17) is 14.6 Å². The van der Waals surface area contributed by atoms with Crippen LogP contribution < -0.4 is 4.74 Å². The van der Waals surface area contributed by atoms with Gasteiger partial charge in [0.1, 0.15) is 11.8 Å². The second-order valence-corrected chi connectivity index (χ2v) is 9.22. The van der Waals surface area contributed by atoms with Gasteiger partial charge in [-0.1, -0.05) is 72.8 Å². The van der Waals surface area contributed by atoms with E-state index in [1.807, 2.05) is 54.6 Å². The minimum absolute atomic E-state index is 0.0616. The smallest absolute Gasteiger partial charge is 0.344 e. The molecule has 3 aromatic carbocycles. The van der Waals surface area contributed by atoms with Crippen molar-refractivity contribution in [2.75, 3.05) is 13.2 Å². The molecule has 1 saturated carbocycles. The molecule has 3 aromatic rings. The molecule has 1 aliphatic heterocycles. The summed E-state index contributed by atoms with van der Waals surface area (Å²) in [5.41, 5.74) is 4.46. The highest BCUT2D eigenvalue weighted by Crippen LogP contribution is 2.44. The molecular formula is C31H27N3O4. The summed E-state index contributed by atoms with van der Waals surface area (Å²) in [5.74, 6) is -0.747. The molecular weight excluding hydrogens is 478 g/mol. The predicted molar refractivity (Wildman–Crippen MR) is 143 cm³/mol. The van der Waals surface area contributed by atoms with E-state index in [9.17, 15) is 14.9 Å². The van der Waals surface area contributed by atoms with Crippen molar-refractivity contribution >= 4 is 23.7 Å². The van der Waals surface area contributed by atoms with Crippen molar-refractivity contribution in [1.82, 2.24) is 5.01 Å². The SMILES string of the molecule is N#Cc1ccccc1OCC(=O)OCC(=O)N1N=C2C(=Cc3ccccc3)CCCC2C1c1ccccc1. The topological polar surface area (TPSA) is 92.0 Å². The quantitative estimate of drug-likeness (QED) is 0.406. The van der Waals surface area contributed by atoms with E-state index < -0.39 is 25.1 Å². The number of carbonyl (C=O) groups is 2. The molecule has 1 fully saturated rings. The Labute approximate surface area is 221 Å². The van der Waals surface area contributed by atoms with Crippen LogP contribution in [0.5, 0.6) is 5.75 Å². The van der Waals surface area contributed by atoms with E-state index in [1.54, 1.807) is 24.3 Å². The maximum absolute atomic E-state index is 13.4. The Morgan fingerprint density at radius 3 is 2.45 bits per heavy atom. The first-order valence-corrected chi connectivity index (χ1v) is 12.6. The van der Waals surface area contributed by atoms with Crippen molar-refractivity contribution in [1.29, 1.82) is 5.26 Å². The van der Waals surface area contributed by atoms with Crippen LogP contribution >= 0.6 is 0 Å². The van der Waals surface area contributed by atoms with E-state index in [2.05, 4.69) is 18.2 Å². The third-order valence-electron chi connectivity index (χ3n) is 6.75. The van der Waals surface area contributed by atoms with Crippen LogP contribution in [0.15, 0.2) is 95.6 Å². The fourth-order valence-corrected chi connectivity index (χ4v) is 5.01. The van der Waals surface area contributed by atoms with Crippen LogP contribution in [0.25, 0.3) is 6.08 Å². The number of carbonyl (C=O) groups excluding carboxylic acids is 2. The molecule has 1 amide bonds. The zero-order chi connectivity index (χ0) is 26.3. The second-order valence-electron chi connectivity index (χ2n) is 9.22. The Morgan fingerprint density at radius 2 is 1.68 bits per heavy atom. The molecule has 1 heterocycles. The fraction of sp³-hybridized carbons (Fsp3) is 0.226. The molecule has 2 unspecified atom stereocenters. The van der Waals surface area contributed by atoms with Gasteiger partial charge in [-0.05, 0) is 54.2 Å². The molecule has 0 bridgehead atoms. The first-order valence-electron chi connectivity index (χ1n) is 12.6. The van der Waals surface area contributed by atoms with Crippen LogP contribution in [0, 0.1) is 17.2 Å². The number of fused-ring (bicyclic) bond motifs is 1. The normalized spacial score (nSPS) is 19.3. The minimum atomic E-state index is -0.698. The lowest BCUT2D eigenvalue weighted by atomic mass is 9.77. The monoisotopic (exact) mass is 505 g/mol. The number of amides is 1. The Balaban J connectivity index is 1.32. The van der Waals surface area contributed by atoms with Crippen molar-refractivity contribution in [3.63, 3.8) is 0 Å². The molecule has 2 atom stereocenters. The summed E-state index contributed by atoms with van der Waals surface area (Å²) in [6, 6.07) is 28.3. The Morgan fingerprint density at radius 1 is 0.974 bits per heavy atom. The number of hydrogen-bond acceptors (Lipinski definition) is 6. The fourth-order valence-electron chi connectivity index (χ4n) is 5.01. The Kier molecular flexibility index (Phi) is 7.60. The number of nitrogens with zero attached hydrogens (tertiary/aromatic N) is 3. The predicted octanol–water partition coefficient (Wildman–Crippen LogP) is 5.30. The van der Waals surface area contributed by atoms with Gasteiger partial charge in [-0.25, -0.2) is 9.80 Å². The van der Waals surface area contributed by atoms with Crippen LogP contribution in [0.4, 0.5) is 0 Å². The highest BCUT2D eigenvalue weighted by atomic mass is 16.6. The van der Waals surface area contributed by atoms with E-state index >= 15 is 0 Å². The molecule has 1 aliphatic carbocycles. The molecule has 7 nitrogen and oxygen atoms in total. The first-order chi connectivity index (χ1) is 18.6. The van der Waals surface area contributed by atoms with Crippen LogP contribution in [0.2, 0.25) is 0 Å². The van der Waals surface area contributed by atoms with Gasteiger partial charge in [-0.2, -0.15) is 10.4 Å². The highest BCUT2D eigenvalue weighted by Gasteiger charge is 2.43. The lowest BCUT2D eigenvalue weighted by Gasteiger charge is -2.29. The van der Waals surface area contributed by atoms with E-state index in [0.717, 1.165) is 41.7 Å². The highest BCUT2D eigenvalue weighted by molar-refractivity contribution is 6.08. The number of rotatable bonds is 7. The van der Waals surface area contributed by atoms with Crippen molar-refractivity contribution in [3.05, 3.63) is 107 Å². The van der Waals surface area contributed by atoms with Gasteiger partial charge in [0, 0.05) is 5.92 Å². The van der Waals surface area contributed by atoms with Gasteiger partial charge in [0.15, 0.2) is 13.2 Å². The number of hydrogen-bond donors (Lipinski definition) is 0. The van der Waals surface area contributed by atoms with Gasteiger partial charge in [0.05, 0.1) is 17.3 Å². The number of para-hydroxylation sites is 1. The van der Waals surface area contributed by atoms with Crippen molar-refractivity contribution < 1.29 is 19.1 Å². The summed E-state index contributed by atoms with van der Waals surface area (Å²) >= 11 is 0. The summed E-state index contributed by atoms with van der Waals surface area (Å²) in [7, 11) is 0. The summed E-state index contributed by atoms with van der Waals surface area (Å²) in [5, 5.41) is 15.5. The molecule has 0 radical (unpaired) electrons. The van der Waals surface area contributed by atoms with E-state index in [-0.39, 0.29) is 17.7 Å². The largest absolute Gasteiger partial charge is 0.481 e. The average Bonchev–Trinajstić information content (AvgIpc) is 3.37. The third-order valence-corrected chi connectivity index (χ3v) is 6.75. The molecule has 38 heavy (non-hydrogen) atoms. The molecule has 2 aliphatic rings. The Hall–Kier alpha value is -4.70.